The number of carbonyl (C=O) groups is 3. The number of ether oxygens (including phenoxy) is 2. The molecule has 0 radical (unpaired) electrons. The molecule has 0 spiro atoms. The lowest BCUT2D eigenvalue weighted by Crippen LogP contribution is -2.21. The van der Waals surface area contributed by atoms with Crippen molar-refractivity contribution in [3.05, 3.63) is 58.6 Å². The Morgan fingerprint density at radius 3 is 2.38 bits per heavy atom. The maximum absolute atomic E-state index is 11.9. The van der Waals surface area contributed by atoms with Gasteiger partial charge in [-0.15, -0.1) is 0 Å². The van der Waals surface area contributed by atoms with E-state index in [1.807, 2.05) is 0 Å². The third kappa shape index (κ3) is 5.60. The molecule has 0 fully saturated rings. The first-order valence-corrected chi connectivity index (χ1v) is 8.15. The maximum Gasteiger partial charge on any atom is 0.310 e. The minimum Gasteiger partial charge on any atom is -0.496 e. The molecule has 26 heavy (non-hydrogen) atoms. The third-order valence-corrected chi connectivity index (χ3v) is 3.75. The van der Waals surface area contributed by atoms with Gasteiger partial charge in [0, 0.05) is 21.8 Å². The van der Waals surface area contributed by atoms with Gasteiger partial charge in [-0.3, -0.25) is 14.4 Å². The number of methoxy groups -OCH3 is 1. The summed E-state index contributed by atoms with van der Waals surface area (Å²) >= 11 is 5.91. The molecule has 2 aromatic carbocycles. The number of amides is 1. The minimum atomic E-state index is -0.576. The summed E-state index contributed by atoms with van der Waals surface area (Å²) in [5, 5.41) is 3.06. The number of nitrogens with one attached hydrogen (secondary N) is 1. The number of rotatable bonds is 7. The van der Waals surface area contributed by atoms with Crippen LogP contribution in [0, 0.1) is 0 Å². The van der Waals surface area contributed by atoms with Crippen molar-refractivity contribution in [2.24, 2.45) is 0 Å². The van der Waals surface area contributed by atoms with Gasteiger partial charge in [-0.2, -0.15) is 0 Å². The fraction of sp³-hybridized carbons (Fsp3) is 0.211. The Hall–Kier alpha value is -2.86. The molecule has 0 aliphatic rings. The summed E-state index contributed by atoms with van der Waals surface area (Å²) < 4.78 is 10.1. The highest BCUT2D eigenvalue weighted by atomic mass is 35.5. The fourth-order valence-corrected chi connectivity index (χ4v) is 2.42. The van der Waals surface area contributed by atoms with E-state index >= 15 is 0 Å². The van der Waals surface area contributed by atoms with Gasteiger partial charge in [0.15, 0.2) is 12.4 Å². The van der Waals surface area contributed by atoms with Crippen molar-refractivity contribution in [2.45, 2.75) is 13.3 Å². The highest BCUT2D eigenvalue weighted by molar-refractivity contribution is 6.30. The Morgan fingerprint density at radius 2 is 1.77 bits per heavy atom. The number of hydrogen-bond donors (Lipinski definition) is 1. The number of anilines is 1. The fourth-order valence-electron chi connectivity index (χ4n) is 2.22. The van der Waals surface area contributed by atoms with Crippen molar-refractivity contribution in [2.75, 3.05) is 19.0 Å². The van der Waals surface area contributed by atoms with Crippen LogP contribution in [-0.4, -0.2) is 31.4 Å². The molecule has 0 saturated heterocycles. The molecule has 2 rings (SSSR count). The summed E-state index contributed by atoms with van der Waals surface area (Å²) in [6.07, 6.45) is -0.0652. The van der Waals surface area contributed by atoms with Crippen molar-refractivity contribution in [1.82, 2.24) is 0 Å². The van der Waals surface area contributed by atoms with Gasteiger partial charge in [-0.25, -0.2) is 0 Å². The lowest BCUT2D eigenvalue weighted by molar-refractivity contribution is -0.146. The number of hydrogen-bond acceptors (Lipinski definition) is 5. The molecule has 2 aromatic rings. The summed E-state index contributed by atoms with van der Waals surface area (Å²) in [6.45, 7) is 1.04. The number of halogens is 1. The van der Waals surface area contributed by atoms with Crippen LogP contribution >= 0.6 is 11.6 Å². The van der Waals surface area contributed by atoms with Crippen molar-refractivity contribution >= 4 is 34.9 Å². The predicted molar refractivity (Wildman–Crippen MR) is 97.7 cm³/mol. The molecular weight excluding hydrogens is 358 g/mol. The van der Waals surface area contributed by atoms with E-state index in [1.165, 1.54) is 14.0 Å². The van der Waals surface area contributed by atoms with E-state index in [0.29, 0.717) is 27.6 Å². The van der Waals surface area contributed by atoms with Gasteiger partial charge < -0.3 is 14.8 Å². The van der Waals surface area contributed by atoms with Crippen molar-refractivity contribution in [3.63, 3.8) is 0 Å². The van der Waals surface area contributed by atoms with Crippen LogP contribution in [0.3, 0.4) is 0 Å². The molecule has 0 heterocycles. The Morgan fingerprint density at radius 1 is 1.08 bits per heavy atom. The third-order valence-electron chi connectivity index (χ3n) is 3.52. The molecule has 1 amide bonds. The van der Waals surface area contributed by atoms with Crippen molar-refractivity contribution in [3.8, 4) is 5.75 Å². The molecule has 0 aliphatic heterocycles. The van der Waals surface area contributed by atoms with Gasteiger partial charge in [0.05, 0.1) is 13.5 Å². The number of esters is 1. The smallest absolute Gasteiger partial charge is 0.310 e. The Labute approximate surface area is 156 Å². The van der Waals surface area contributed by atoms with E-state index in [9.17, 15) is 14.4 Å². The topological polar surface area (TPSA) is 81.7 Å². The summed E-state index contributed by atoms with van der Waals surface area (Å²) in [7, 11) is 1.49. The monoisotopic (exact) mass is 375 g/mol. The van der Waals surface area contributed by atoms with E-state index in [2.05, 4.69) is 5.32 Å². The van der Waals surface area contributed by atoms with Gasteiger partial charge in [-0.1, -0.05) is 11.6 Å². The molecule has 7 heteroatoms. The molecule has 0 bridgehead atoms. The molecule has 0 saturated carbocycles. The SMILES string of the molecule is COc1ccc(Cl)cc1CC(=O)OCC(=O)Nc1ccc(C(C)=O)cc1. The van der Waals surface area contributed by atoms with Gasteiger partial charge >= 0.3 is 5.97 Å². The van der Waals surface area contributed by atoms with E-state index < -0.39 is 18.5 Å². The average molecular weight is 376 g/mol. The largest absolute Gasteiger partial charge is 0.496 e. The van der Waals surface area contributed by atoms with Crippen LogP contribution in [0.4, 0.5) is 5.69 Å². The van der Waals surface area contributed by atoms with Crippen LogP contribution < -0.4 is 10.1 Å². The minimum absolute atomic E-state index is 0.0618. The molecular formula is C19H18ClNO5. The highest BCUT2D eigenvalue weighted by Gasteiger charge is 2.13. The van der Waals surface area contributed by atoms with Crippen LogP contribution in [0.1, 0.15) is 22.8 Å². The van der Waals surface area contributed by atoms with Gasteiger partial charge in [0.2, 0.25) is 0 Å². The van der Waals surface area contributed by atoms with Crippen LogP contribution in [0.5, 0.6) is 5.75 Å². The van der Waals surface area contributed by atoms with Crippen LogP contribution in [0.25, 0.3) is 0 Å². The van der Waals surface area contributed by atoms with Gasteiger partial charge in [0.1, 0.15) is 5.75 Å². The Bertz CT molecular complexity index is 817. The quantitative estimate of drug-likeness (QED) is 0.593. The van der Waals surface area contributed by atoms with Crippen molar-refractivity contribution in [1.29, 1.82) is 0 Å². The highest BCUT2D eigenvalue weighted by Crippen LogP contribution is 2.23. The van der Waals surface area contributed by atoms with E-state index in [-0.39, 0.29) is 12.2 Å². The normalized spacial score (nSPS) is 10.1. The molecule has 0 aromatic heterocycles. The molecule has 1 N–H and O–H groups in total. The standard InChI is InChI=1S/C19H18ClNO5/c1-12(22)13-3-6-16(7-4-13)21-18(23)11-26-19(24)10-14-9-15(20)5-8-17(14)25-2/h3-9H,10-11H2,1-2H3,(H,21,23). The predicted octanol–water partition coefficient (Wildman–Crippen LogP) is 3.28. The second-order valence-electron chi connectivity index (χ2n) is 5.48. The lowest BCUT2D eigenvalue weighted by atomic mass is 10.1. The van der Waals surface area contributed by atoms with Crippen LogP contribution in [0.15, 0.2) is 42.5 Å². The first-order valence-electron chi connectivity index (χ1n) is 7.78. The van der Waals surface area contributed by atoms with Gasteiger partial charge in [-0.05, 0) is 49.4 Å². The second kappa shape index (κ2) is 9.01. The number of carbonyl (C=O) groups excluding carboxylic acids is 3. The number of ketones is 1. The Balaban J connectivity index is 1.86. The zero-order valence-corrected chi connectivity index (χ0v) is 15.1. The molecule has 0 atom stereocenters. The number of benzene rings is 2. The summed E-state index contributed by atoms with van der Waals surface area (Å²) in [4.78, 5) is 35.0. The summed E-state index contributed by atoms with van der Waals surface area (Å²) in [5.41, 5.74) is 1.63. The van der Waals surface area contributed by atoms with Gasteiger partial charge in [0.25, 0.3) is 5.91 Å². The first kappa shape index (κ1) is 19.5. The Kier molecular flexibility index (Phi) is 6.74. The second-order valence-corrected chi connectivity index (χ2v) is 5.91. The average Bonchev–Trinajstić information content (AvgIpc) is 2.60. The summed E-state index contributed by atoms with van der Waals surface area (Å²) in [6, 6.07) is 11.3. The first-order chi connectivity index (χ1) is 12.4. The van der Waals surface area contributed by atoms with E-state index in [4.69, 9.17) is 21.1 Å². The summed E-state index contributed by atoms with van der Waals surface area (Å²) in [5.74, 6) is -0.603. The molecule has 0 aliphatic carbocycles. The van der Waals surface area contributed by atoms with Crippen LogP contribution in [-0.2, 0) is 20.7 Å². The molecule has 136 valence electrons. The van der Waals surface area contributed by atoms with E-state index in [0.717, 1.165) is 0 Å². The lowest BCUT2D eigenvalue weighted by Gasteiger charge is -2.09. The van der Waals surface area contributed by atoms with Crippen LogP contribution in [0.2, 0.25) is 5.02 Å². The van der Waals surface area contributed by atoms with Crippen molar-refractivity contribution < 1.29 is 23.9 Å². The van der Waals surface area contributed by atoms with E-state index in [1.54, 1.807) is 42.5 Å². The molecule has 0 unspecified atom stereocenters. The zero-order chi connectivity index (χ0) is 19.1. The molecule has 6 nitrogen and oxygen atoms in total. The number of Topliss-reactive ketones (excluding diaryl/α,β-unsaturated/α-hetero) is 1. The zero-order valence-electron chi connectivity index (χ0n) is 14.4. The maximum atomic E-state index is 11.9.